The maximum absolute atomic E-state index is 4.34. The quantitative estimate of drug-likeness (QED) is 0.795. The minimum atomic E-state index is 0.552. The first-order valence-corrected chi connectivity index (χ1v) is 7.62. The van der Waals surface area contributed by atoms with Crippen LogP contribution in [-0.4, -0.2) is 22.6 Å². The fourth-order valence-electron chi connectivity index (χ4n) is 2.68. The fourth-order valence-corrected chi connectivity index (χ4v) is 2.68. The second kappa shape index (κ2) is 7.31. The molecule has 1 aromatic rings. The van der Waals surface area contributed by atoms with Crippen LogP contribution in [0.3, 0.4) is 0 Å². The first-order valence-electron chi connectivity index (χ1n) is 7.62. The number of rotatable bonds is 5. The van der Waals surface area contributed by atoms with Crippen molar-refractivity contribution in [2.75, 3.05) is 17.2 Å². The van der Waals surface area contributed by atoms with Crippen molar-refractivity contribution in [1.29, 1.82) is 0 Å². The summed E-state index contributed by atoms with van der Waals surface area (Å²) in [6.07, 6.45) is 9.39. The molecule has 4 nitrogen and oxygen atoms in total. The van der Waals surface area contributed by atoms with Crippen molar-refractivity contribution in [2.45, 2.75) is 58.4 Å². The van der Waals surface area contributed by atoms with Gasteiger partial charge in [-0.3, -0.25) is 0 Å². The van der Waals surface area contributed by atoms with Gasteiger partial charge in [-0.25, -0.2) is 9.97 Å². The van der Waals surface area contributed by atoms with Gasteiger partial charge in [-0.05, 0) is 25.2 Å². The molecule has 0 spiro atoms. The Bertz CT molecular complexity index is 380. The molecule has 0 aliphatic heterocycles. The van der Waals surface area contributed by atoms with Gasteiger partial charge < -0.3 is 10.6 Å². The molecule has 0 aromatic carbocycles. The molecule has 1 aliphatic carbocycles. The Balaban J connectivity index is 1.97. The molecule has 4 heteroatoms. The molecule has 2 rings (SSSR count). The Hall–Kier alpha value is -1.32. The molecule has 1 aromatic heterocycles. The minimum absolute atomic E-state index is 0.552. The van der Waals surface area contributed by atoms with Gasteiger partial charge in [0.1, 0.15) is 18.0 Å². The van der Waals surface area contributed by atoms with Gasteiger partial charge in [0.2, 0.25) is 0 Å². The zero-order chi connectivity index (χ0) is 13.5. The maximum atomic E-state index is 4.34. The third kappa shape index (κ3) is 4.37. The van der Waals surface area contributed by atoms with Crippen molar-refractivity contribution < 1.29 is 0 Å². The maximum Gasteiger partial charge on any atom is 0.131 e. The summed E-state index contributed by atoms with van der Waals surface area (Å²) in [5, 5.41) is 6.90. The van der Waals surface area contributed by atoms with Gasteiger partial charge in [0.25, 0.3) is 0 Å². The summed E-state index contributed by atoms with van der Waals surface area (Å²) in [5.74, 6) is 2.59. The third-order valence-corrected chi connectivity index (χ3v) is 3.92. The van der Waals surface area contributed by atoms with Gasteiger partial charge in [-0.1, -0.05) is 33.1 Å². The van der Waals surface area contributed by atoms with E-state index in [2.05, 4.69) is 34.4 Å². The summed E-state index contributed by atoms with van der Waals surface area (Å²) in [7, 11) is 0. The summed E-state index contributed by atoms with van der Waals surface area (Å²) in [6, 6.07) is 2.57. The van der Waals surface area contributed by atoms with Crippen LogP contribution < -0.4 is 10.6 Å². The van der Waals surface area contributed by atoms with Crippen LogP contribution in [0.15, 0.2) is 12.4 Å². The van der Waals surface area contributed by atoms with Gasteiger partial charge in [0.15, 0.2) is 0 Å². The number of hydrogen-bond donors (Lipinski definition) is 2. The lowest BCUT2D eigenvalue weighted by Crippen LogP contribution is -2.26. The Morgan fingerprint density at radius 3 is 2.79 bits per heavy atom. The van der Waals surface area contributed by atoms with Gasteiger partial charge in [0, 0.05) is 18.7 Å². The average molecular weight is 262 g/mol. The smallest absolute Gasteiger partial charge is 0.131 e. The molecule has 1 heterocycles. The fraction of sp³-hybridized carbons (Fsp3) is 0.733. The lowest BCUT2D eigenvalue weighted by Gasteiger charge is -2.23. The number of aromatic nitrogens is 2. The molecule has 1 saturated carbocycles. The summed E-state index contributed by atoms with van der Waals surface area (Å²) < 4.78 is 0. The minimum Gasteiger partial charge on any atom is -0.370 e. The van der Waals surface area contributed by atoms with Crippen molar-refractivity contribution in [3.05, 3.63) is 12.4 Å². The van der Waals surface area contributed by atoms with Gasteiger partial charge in [0.05, 0.1) is 0 Å². The zero-order valence-electron chi connectivity index (χ0n) is 12.2. The standard InChI is InChI=1S/C15H26N4/c1-3-9-16-14-10-15(18-11-17-14)19-13-8-6-4-5-7-12(13)2/h10-13H,3-9H2,1-2H3,(H2,16,17,18,19). The molecule has 2 unspecified atom stereocenters. The third-order valence-electron chi connectivity index (χ3n) is 3.92. The van der Waals surface area contributed by atoms with Crippen LogP contribution in [0.1, 0.15) is 52.4 Å². The molecule has 0 amide bonds. The van der Waals surface area contributed by atoms with E-state index in [4.69, 9.17) is 0 Å². The van der Waals surface area contributed by atoms with E-state index in [1.165, 1.54) is 32.1 Å². The lowest BCUT2D eigenvalue weighted by atomic mass is 9.97. The SMILES string of the molecule is CCCNc1cc(NC2CCCCCC2C)ncn1. The highest BCUT2D eigenvalue weighted by Crippen LogP contribution is 2.25. The van der Waals surface area contributed by atoms with Gasteiger partial charge in [-0.2, -0.15) is 0 Å². The number of nitrogens with zero attached hydrogens (tertiary/aromatic N) is 2. The number of anilines is 2. The molecule has 0 radical (unpaired) electrons. The molecule has 2 N–H and O–H groups in total. The molecule has 106 valence electrons. The van der Waals surface area contributed by atoms with Crippen molar-refractivity contribution >= 4 is 11.6 Å². The molecule has 1 aliphatic rings. The average Bonchev–Trinajstić information content (AvgIpc) is 2.62. The molecule has 0 bridgehead atoms. The van der Waals surface area contributed by atoms with Gasteiger partial charge >= 0.3 is 0 Å². The van der Waals surface area contributed by atoms with E-state index in [9.17, 15) is 0 Å². The second-order valence-corrected chi connectivity index (χ2v) is 5.58. The Labute approximate surface area is 116 Å². The summed E-state index contributed by atoms with van der Waals surface area (Å²) in [5.41, 5.74) is 0. The normalized spacial score (nSPS) is 23.7. The topological polar surface area (TPSA) is 49.8 Å². The van der Waals surface area contributed by atoms with E-state index in [-0.39, 0.29) is 0 Å². The van der Waals surface area contributed by atoms with E-state index >= 15 is 0 Å². The summed E-state index contributed by atoms with van der Waals surface area (Å²) in [6.45, 7) is 5.46. The number of nitrogens with one attached hydrogen (secondary N) is 2. The lowest BCUT2D eigenvalue weighted by molar-refractivity contribution is 0.455. The molecule has 1 fully saturated rings. The van der Waals surface area contributed by atoms with Crippen LogP contribution in [0.4, 0.5) is 11.6 Å². The summed E-state index contributed by atoms with van der Waals surface area (Å²) >= 11 is 0. The Kier molecular flexibility index (Phi) is 5.43. The Morgan fingerprint density at radius 1 is 1.16 bits per heavy atom. The van der Waals surface area contributed by atoms with Crippen LogP contribution in [0, 0.1) is 5.92 Å². The molecular weight excluding hydrogens is 236 g/mol. The first-order chi connectivity index (χ1) is 9.29. The molecule has 0 saturated heterocycles. The highest BCUT2D eigenvalue weighted by molar-refractivity contribution is 5.46. The van der Waals surface area contributed by atoms with Crippen LogP contribution in [0.25, 0.3) is 0 Å². The zero-order valence-corrected chi connectivity index (χ0v) is 12.2. The van der Waals surface area contributed by atoms with Gasteiger partial charge in [-0.15, -0.1) is 0 Å². The summed E-state index contributed by atoms with van der Waals surface area (Å²) in [4.78, 5) is 8.59. The molecule has 2 atom stereocenters. The first kappa shape index (κ1) is 14.1. The van der Waals surface area contributed by atoms with E-state index in [1.807, 2.05) is 6.07 Å². The van der Waals surface area contributed by atoms with Crippen molar-refractivity contribution in [3.8, 4) is 0 Å². The van der Waals surface area contributed by atoms with E-state index in [0.717, 1.165) is 30.5 Å². The van der Waals surface area contributed by atoms with Crippen molar-refractivity contribution in [2.24, 2.45) is 5.92 Å². The monoisotopic (exact) mass is 262 g/mol. The molecular formula is C15H26N4. The van der Waals surface area contributed by atoms with E-state index in [0.29, 0.717) is 6.04 Å². The predicted molar refractivity (Wildman–Crippen MR) is 80.5 cm³/mol. The Morgan fingerprint density at radius 2 is 1.95 bits per heavy atom. The number of hydrogen-bond acceptors (Lipinski definition) is 4. The largest absolute Gasteiger partial charge is 0.370 e. The predicted octanol–water partition coefficient (Wildman–Crippen LogP) is 3.68. The van der Waals surface area contributed by atoms with Crippen molar-refractivity contribution in [3.63, 3.8) is 0 Å². The molecule has 19 heavy (non-hydrogen) atoms. The second-order valence-electron chi connectivity index (χ2n) is 5.58. The van der Waals surface area contributed by atoms with Crippen LogP contribution >= 0.6 is 0 Å². The van der Waals surface area contributed by atoms with Crippen molar-refractivity contribution in [1.82, 2.24) is 9.97 Å². The van der Waals surface area contributed by atoms with E-state index < -0.39 is 0 Å². The van der Waals surface area contributed by atoms with Crippen LogP contribution in [0.5, 0.6) is 0 Å². The highest BCUT2D eigenvalue weighted by Gasteiger charge is 2.19. The van der Waals surface area contributed by atoms with Crippen LogP contribution in [0.2, 0.25) is 0 Å². The van der Waals surface area contributed by atoms with E-state index in [1.54, 1.807) is 6.33 Å². The highest BCUT2D eigenvalue weighted by atomic mass is 15.1. The van der Waals surface area contributed by atoms with Crippen LogP contribution in [-0.2, 0) is 0 Å².